The van der Waals surface area contributed by atoms with Gasteiger partial charge in [0.05, 0.1) is 17.0 Å². The lowest BCUT2D eigenvalue weighted by Crippen LogP contribution is -2.24. The zero-order valence-electron chi connectivity index (χ0n) is 8.54. The molecule has 0 fully saturated rings. The Kier molecular flexibility index (Phi) is 2.70. The highest BCUT2D eigenvalue weighted by atomic mass is 32.2. The summed E-state index contributed by atoms with van der Waals surface area (Å²) in [6, 6.07) is 6.38. The first-order valence-electron chi connectivity index (χ1n) is 4.94. The van der Waals surface area contributed by atoms with E-state index in [0.29, 0.717) is 5.92 Å². The lowest BCUT2D eigenvalue weighted by Gasteiger charge is -2.21. The summed E-state index contributed by atoms with van der Waals surface area (Å²) >= 11 is -0.869. The smallest absolute Gasteiger partial charge is 0.135 e. The van der Waals surface area contributed by atoms with E-state index in [0.717, 1.165) is 17.9 Å². The van der Waals surface area contributed by atoms with Gasteiger partial charge in [-0.25, -0.2) is 4.72 Å². The second-order valence-electron chi connectivity index (χ2n) is 3.97. The standard InChI is InChI=1S/C11H15NOS/c1-8(2)9-3-4-11-10(7-9)5-6-14(13)12-11/h3-4,7-8,12H,5-6H2,1-2H3. The number of anilines is 1. The predicted molar refractivity (Wildman–Crippen MR) is 60.9 cm³/mol. The van der Waals surface area contributed by atoms with E-state index in [-0.39, 0.29) is 0 Å². The van der Waals surface area contributed by atoms with Crippen molar-refractivity contribution in [2.24, 2.45) is 0 Å². The molecule has 0 spiro atoms. The zero-order chi connectivity index (χ0) is 10.1. The van der Waals surface area contributed by atoms with E-state index < -0.39 is 11.4 Å². The summed E-state index contributed by atoms with van der Waals surface area (Å²) < 4.78 is 14.2. The van der Waals surface area contributed by atoms with Crippen molar-refractivity contribution >= 4 is 17.0 Å². The van der Waals surface area contributed by atoms with Crippen LogP contribution in [0.3, 0.4) is 0 Å². The van der Waals surface area contributed by atoms with Gasteiger partial charge in [0.25, 0.3) is 0 Å². The summed E-state index contributed by atoms with van der Waals surface area (Å²) in [5.74, 6) is 1.29. The molecule has 0 saturated carbocycles. The van der Waals surface area contributed by atoms with E-state index in [1.165, 1.54) is 11.1 Å². The molecule has 0 amide bonds. The van der Waals surface area contributed by atoms with E-state index >= 15 is 0 Å². The van der Waals surface area contributed by atoms with Crippen molar-refractivity contribution in [3.8, 4) is 0 Å². The predicted octanol–water partition coefficient (Wildman–Crippen LogP) is 2.44. The largest absolute Gasteiger partial charge is 0.593 e. The fourth-order valence-electron chi connectivity index (χ4n) is 1.66. The summed E-state index contributed by atoms with van der Waals surface area (Å²) in [4.78, 5) is 0. The Morgan fingerprint density at radius 3 is 2.93 bits per heavy atom. The van der Waals surface area contributed by atoms with Crippen LogP contribution in [0, 0.1) is 0 Å². The van der Waals surface area contributed by atoms with Gasteiger partial charge in [-0.2, -0.15) is 0 Å². The van der Waals surface area contributed by atoms with Crippen molar-refractivity contribution in [1.29, 1.82) is 0 Å². The van der Waals surface area contributed by atoms with Gasteiger partial charge < -0.3 is 4.55 Å². The number of hydrogen-bond donors (Lipinski definition) is 1. The average molecular weight is 209 g/mol. The molecule has 0 aromatic heterocycles. The van der Waals surface area contributed by atoms with Crippen molar-refractivity contribution in [3.05, 3.63) is 29.3 Å². The first kappa shape index (κ1) is 9.87. The molecule has 0 saturated heterocycles. The van der Waals surface area contributed by atoms with Crippen molar-refractivity contribution in [2.45, 2.75) is 26.2 Å². The van der Waals surface area contributed by atoms with Gasteiger partial charge >= 0.3 is 0 Å². The van der Waals surface area contributed by atoms with Gasteiger partial charge in [-0.15, -0.1) is 0 Å². The van der Waals surface area contributed by atoms with Gasteiger partial charge in [0.2, 0.25) is 0 Å². The third-order valence-electron chi connectivity index (χ3n) is 2.58. The van der Waals surface area contributed by atoms with Crippen molar-refractivity contribution in [3.63, 3.8) is 0 Å². The zero-order valence-corrected chi connectivity index (χ0v) is 9.36. The van der Waals surface area contributed by atoms with Crippen LogP contribution >= 0.6 is 0 Å². The highest BCUT2D eigenvalue weighted by Gasteiger charge is 2.18. The van der Waals surface area contributed by atoms with E-state index in [4.69, 9.17) is 0 Å². The molecule has 2 nitrogen and oxygen atoms in total. The van der Waals surface area contributed by atoms with Gasteiger partial charge in [-0.1, -0.05) is 26.0 Å². The molecule has 0 bridgehead atoms. The second kappa shape index (κ2) is 3.83. The van der Waals surface area contributed by atoms with Crippen molar-refractivity contribution in [2.75, 3.05) is 10.5 Å². The highest BCUT2D eigenvalue weighted by molar-refractivity contribution is 7.92. The number of nitrogens with one attached hydrogen (secondary N) is 1. The molecule has 1 atom stereocenters. The van der Waals surface area contributed by atoms with Crippen molar-refractivity contribution in [1.82, 2.24) is 0 Å². The summed E-state index contributed by atoms with van der Waals surface area (Å²) in [6.45, 7) is 4.38. The maximum absolute atomic E-state index is 11.2. The van der Waals surface area contributed by atoms with Crippen molar-refractivity contribution < 1.29 is 4.55 Å². The molecule has 2 rings (SSSR count). The number of fused-ring (bicyclic) bond motifs is 1. The first-order chi connectivity index (χ1) is 6.66. The topological polar surface area (TPSA) is 35.1 Å². The lowest BCUT2D eigenvalue weighted by molar-refractivity contribution is 0.598. The van der Waals surface area contributed by atoms with Gasteiger partial charge in [-0.05, 0) is 23.1 Å². The van der Waals surface area contributed by atoms with Gasteiger partial charge in [0, 0.05) is 6.42 Å². The molecule has 14 heavy (non-hydrogen) atoms. The average Bonchev–Trinajstić information content (AvgIpc) is 2.16. The summed E-state index contributed by atoms with van der Waals surface area (Å²) in [5.41, 5.74) is 3.70. The summed E-state index contributed by atoms with van der Waals surface area (Å²) in [6.07, 6.45) is 0.926. The molecular weight excluding hydrogens is 194 g/mol. The Balaban J connectivity index is 2.31. The molecule has 0 aliphatic carbocycles. The fourth-order valence-corrected chi connectivity index (χ4v) is 2.61. The van der Waals surface area contributed by atoms with Crippen LogP contribution in [0.25, 0.3) is 0 Å². The number of aryl methyl sites for hydroxylation is 1. The monoisotopic (exact) mass is 209 g/mol. The van der Waals surface area contributed by atoms with Crippen LogP contribution in [0.15, 0.2) is 18.2 Å². The van der Waals surface area contributed by atoms with Crippen LogP contribution < -0.4 is 4.72 Å². The minimum atomic E-state index is -0.869. The molecule has 1 heterocycles. The van der Waals surface area contributed by atoms with Crippen LogP contribution in [0.4, 0.5) is 5.69 Å². The molecule has 76 valence electrons. The number of hydrogen-bond acceptors (Lipinski definition) is 2. The molecule has 1 aliphatic heterocycles. The number of rotatable bonds is 1. The summed E-state index contributed by atoms with van der Waals surface area (Å²) in [7, 11) is 0. The molecular formula is C11H15NOS. The van der Waals surface area contributed by atoms with Gasteiger partial charge in [-0.3, -0.25) is 0 Å². The maximum Gasteiger partial charge on any atom is 0.135 e. The van der Waals surface area contributed by atoms with Gasteiger partial charge in [0.15, 0.2) is 0 Å². The second-order valence-corrected chi connectivity index (χ2v) is 5.28. The quantitative estimate of drug-likeness (QED) is 0.721. The molecule has 3 heteroatoms. The van der Waals surface area contributed by atoms with Crippen LogP contribution in [0.2, 0.25) is 0 Å². The molecule has 1 unspecified atom stereocenters. The van der Waals surface area contributed by atoms with Crippen LogP contribution in [-0.4, -0.2) is 10.3 Å². The Hall–Kier alpha value is -0.670. The Morgan fingerprint density at radius 1 is 1.43 bits per heavy atom. The molecule has 1 N–H and O–H groups in total. The fraction of sp³-hybridized carbons (Fsp3) is 0.455. The van der Waals surface area contributed by atoms with Gasteiger partial charge in [0.1, 0.15) is 5.75 Å². The summed E-state index contributed by atoms with van der Waals surface area (Å²) in [5, 5.41) is 0. The van der Waals surface area contributed by atoms with E-state index in [2.05, 4.69) is 30.7 Å². The van der Waals surface area contributed by atoms with Crippen LogP contribution in [0.1, 0.15) is 30.9 Å². The molecule has 1 aromatic carbocycles. The maximum atomic E-state index is 11.2. The van der Waals surface area contributed by atoms with E-state index in [1.807, 2.05) is 6.07 Å². The van der Waals surface area contributed by atoms with E-state index in [1.54, 1.807) is 0 Å². The minimum Gasteiger partial charge on any atom is -0.593 e. The van der Waals surface area contributed by atoms with Crippen LogP contribution in [-0.2, 0) is 17.8 Å². The minimum absolute atomic E-state index is 0.563. The normalized spacial score (nSPS) is 20.4. The third-order valence-corrected chi connectivity index (χ3v) is 3.60. The third kappa shape index (κ3) is 1.88. The molecule has 1 aliphatic rings. The molecule has 1 aromatic rings. The SMILES string of the molecule is CC(C)c1ccc2c(c1)CC[S+]([O-])N2. The molecule has 0 radical (unpaired) electrons. The first-order valence-corrected chi connectivity index (χ1v) is 6.26. The Morgan fingerprint density at radius 2 is 2.21 bits per heavy atom. The number of benzene rings is 1. The highest BCUT2D eigenvalue weighted by Crippen LogP contribution is 2.26. The Labute approximate surface area is 88.0 Å². The lowest BCUT2D eigenvalue weighted by atomic mass is 9.99. The van der Waals surface area contributed by atoms with Crippen LogP contribution in [0.5, 0.6) is 0 Å². The Bertz CT molecular complexity index is 338. The van der Waals surface area contributed by atoms with E-state index in [9.17, 15) is 4.55 Å².